The number of azo groups is 1. The molecule has 3 aromatic rings. The number of benzene rings is 3. The zero-order valence-corrected chi connectivity index (χ0v) is 15.6. The summed E-state index contributed by atoms with van der Waals surface area (Å²) in [6.07, 6.45) is 0. The zero-order valence-electron chi connectivity index (χ0n) is 15.6. The minimum absolute atomic E-state index is 0.202. The number of rotatable bonds is 8. The molecule has 0 spiro atoms. The number of carboxylic acids is 1. The maximum absolute atomic E-state index is 11.0. The van der Waals surface area contributed by atoms with Crippen LogP contribution in [0.2, 0.25) is 0 Å². The van der Waals surface area contributed by atoms with Gasteiger partial charge in [0, 0.05) is 18.4 Å². The molecular weight excluding hydrogens is 352 g/mol. The Morgan fingerprint density at radius 3 is 2.46 bits per heavy atom. The van der Waals surface area contributed by atoms with Crippen molar-refractivity contribution >= 4 is 23.0 Å². The van der Waals surface area contributed by atoms with Gasteiger partial charge in [0.1, 0.15) is 0 Å². The minimum Gasteiger partial charge on any atom is -0.478 e. The predicted octanol–water partition coefficient (Wildman–Crippen LogP) is 5.17. The van der Waals surface area contributed by atoms with Crippen LogP contribution in [0.3, 0.4) is 0 Å². The Kier molecular flexibility index (Phi) is 6.36. The quantitative estimate of drug-likeness (QED) is 0.421. The Bertz CT molecular complexity index is 940. The molecule has 0 aromatic heterocycles. The van der Waals surface area contributed by atoms with Gasteiger partial charge >= 0.3 is 5.97 Å². The molecule has 0 radical (unpaired) electrons. The van der Waals surface area contributed by atoms with Crippen molar-refractivity contribution in [1.82, 2.24) is 0 Å². The van der Waals surface area contributed by atoms with E-state index < -0.39 is 5.97 Å². The summed E-state index contributed by atoms with van der Waals surface area (Å²) in [6.45, 7) is 1.13. The smallest absolute Gasteiger partial charge is 0.335 e. The minimum atomic E-state index is -0.974. The largest absolute Gasteiger partial charge is 0.478 e. The van der Waals surface area contributed by atoms with Gasteiger partial charge in [-0.15, -0.1) is 0 Å². The van der Waals surface area contributed by atoms with E-state index in [1.54, 1.807) is 12.1 Å². The molecule has 2 N–H and O–H groups in total. The fourth-order valence-corrected chi connectivity index (χ4v) is 2.61. The number of hydrogen-bond donors (Lipinski definition) is 2. The van der Waals surface area contributed by atoms with E-state index in [1.165, 1.54) is 12.1 Å². The van der Waals surface area contributed by atoms with Gasteiger partial charge < -0.3 is 15.3 Å². The molecule has 142 valence electrons. The first-order valence-electron chi connectivity index (χ1n) is 8.92. The lowest BCUT2D eigenvalue weighted by molar-refractivity contribution is 0.0697. The van der Waals surface area contributed by atoms with Crippen molar-refractivity contribution in [2.75, 3.05) is 23.9 Å². The number of carbonyl (C=O) groups is 1. The van der Waals surface area contributed by atoms with E-state index >= 15 is 0 Å². The van der Waals surface area contributed by atoms with Gasteiger partial charge in [0.05, 0.1) is 24.5 Å². The van der Waals surface area contributed by atoms with E-state index in [4.69, 9.17) is 5.11 Å². The van der Waals surface area contributed by atoms with Crippen LogP contribution >= 0.6 is 0 Å². The van der Waals surface area contributed by atoms with Crippen molar-refractivity contribution in [3.63, 3.8) is 0 Å². The number of nitrogens with zero attached hydrogens (tertiary/aromatic N) is 3. The molecular formula is C22H22N4O2. The SMILES string of the molecule is CN(CNc1ccccc1)c1ccc(CN=Nc2cccc(C(=O)O)c2)cc1. The van der Waals surface area contributed by atoms with Crippen LogP contribution < -0.4 is 10.2 Å². The van der Waals surface area contributed by atoms with Crippen LogP contribution in [0, 0.1) is 0 Å². The van der Waals surface area contributed by atoms with Gasteiger partial charge in [0.25, 0.3) is 0 Å². The van der Waals surface area contributed by atoms with Gasteiger partial charge in [-0.05, 0) is 48.0 Å². The molecule has 0 amide bonds. The van der Waals surface area contributed by atoms with Gasteiger partial charge in [-0.2, -0.15) is 10.2 Å². The fraction of sp³-hybridized carbons (Fsp3) is 0.136. The standard InChI is InChI=1S/C22H22N4O2/c1-26(16-23-19-7-3-2-4-8-19)21-12-10-17(11-13-21)15-24-25-20-9-5-6-18(14-20)22(27)28/h2-14,23H,15-16H2,1H3,(H,27,28). The molecule has 0 aliphatic heterocycles. The number of aromatic carboxylic acids is 1. The zero-order chi connectivity index (χ0) is 19.8. The molecule has 3 aromatic carbocycles. The molecule has 0 atom stereocenters. The second kappa shape index (κ2) is 9.32. The molecule has 0 fully saturated rings. The Labute approximate surface area is 164 Å². The summed E-state index contributed by atoms with van der Waals surface area (Å²) in [6, 6.07) is 24.6. The number of hydrogen-bond acceptors (Lipinski definition) is 5. The van der Waals surface area contributed by atoms with Crippen LogP contribution in [0.5, 0.6) is 0 Å². The van der Waals surface area contributed by atoms with E-state index in [0.717, 1.165) is 16.9 Å². The monoisotopic (exact) mass is 374 g/mol. The first kappa shape index (κ1) is 19.1. The Morgan fingerprint density at radius 1 is 1.00 bits per heavy atom. The molecule has 0 heterocycles. The maximum Gasteiger partial charge on any atom is 0.335 e. The highest BCUT2D eigenvalue weighted by atomic mass is 16.4. The molecule has 0 aliphatic rings. The lowest BCUT2D eigenvalue weighted by atomic mass is 10.2. The second-order valence-corrected chi connectivity index (χ2v) is 6.32. The summed E-state index contributed by atoms with van der Waals surface area (Å²) in [7, 11) is 2.03. The Balaban J connectivity index is 1.54. The van der Waals surface area contributed by atoms with E-state index in [2.05, 4.69) is 20.4 Å². The molecule has 0 saturated heterocycles. The summed E-state index contributed by atoms with van der Waals surface area (Å²) < 4.78 is 0. The second-order valence-electron chi connectivity index (χ2n) is 6.32. The van der Waals surface area contributed by atoms with Crippen molar-refractivity contribution in [2.24, 2.45) is 10.2 Å². The third kappa shape index (κ3) is 5.41. The van der Waals surface area contributed by atoms with Crippen molar-refractivity contribution < 1.29 is 9.90 Å². The number of nitrogens with one attached hydrogen (secondary N) is 1. The van der Waals surface area contributed by atoms with Crippen molar-refractivity contribution in [3.05, 3.63) is 90.0 Å². The highest BCUT2D eigenvalue weighted by Gasteiger charge is 2.03. The van der Waals surface area contributed by atoms with Gasteiger partial charge in [-0.1, -0.05) is 36.4 Å². The fourth-order valence-electron chi connectivity index (χ4n) is 2.61. The Hall–Kier alpha value is -3.67. The Morgan fingerprint density at radius 2 is 1.75 bits per heavy atom. The summed E-state index contributed by atoms with van der Waals surface area (Å²) in [5.41, 5.74) is 3.94. The summed E-state index contributed by atoms with van der Waals surface area (Å²) >= 11 is 0. The molecule has 6 nitrogen and oxygen atoms in total. The number of para-hydroxylation sites is 1. The summed E-state index contributed by atoms with van der Waals surface area (Å²) in [5.74, 6) is -0.974. The topological polar surface area (TPSA) is 77.3 Å². The molecule has 3 rings (SSSR count). The third-order valence-corrected chi connectivity index (χ3v) is 4.20. The summed E-state index contributed by atoms with van der Waals surface area (Å²) in [5, 5.41) is 20.7. The first-order chi connectivity index (χ1) is 13.6. The average molecular weight is 374 g/mol. The van der Waals surface area contributed by atoms with Crippen molar-refractivity contribution in [1.29, 1.82) is 0 Å². The van der Waals surface area contributed by atoms with Crippen LogP contribution in [-0.2, 0) is 6.54 Å². The first-order valence-corrected chi connectivity index (χ1v) is 8.92. The molecule has 28 heavy (non-hydrogen) atoms. The van der Waals surface area contributed by atoms with Crippen LogP contribution in [0.4, 0.5) is 17.1 Å². The third-order valence-electron chi connectivity index (χ3n) is 4.20. The summed E-state index contributed by atoms with van der Waals surface area (Å²) in [4.78, 5) is 13.1. The van der Waals surface area contributed by atoms with E-state index in [-0.39, 0.29) is 5.56 Å². The predicted molar refractivity (Wildman–Crippen MR) is 111 cm³/mol. The van der Waals surface area contributed by atoms with E-state index in [0.29, 0.717) is 18.9 Å². The molecule has 0 unspecified atom stereocenters. The van der Waals surface area contributed by atoms with Crippen LogP contribution in [-0.4, -0.2) is 24.8 Å². The van der Waals surface area contributed by atoms with E-state index in [9.17, 15) is 4.79 Å². The number of anilines is 2. The van der Waals surface area contributed by atoms with Gasteiger partial charge in [-0.3, -0.25) is 0 Å². The maximum atomic E-state index is 11.0. The lowest BCUT2D eigenvalue weighted by Crippen LogP contribution is -2.24. The molecule has 0 aliphatic carbocycles. The van der Waals surface area contributed by atoms with Gasteiger partial charge in [0.15, 0.2) is 0 Å². The lowest BCUT2D eigenvalue weighted by Gasteiger charge is -2.20. The highest BCUT2D eigenvalue weighted by molar-refractivity contribution is 5.88. The van der Waals surface area contributed by atoms with Crippen LogP contribution in [0.15, 0.2) is 89.1 Å². The normalized spacial score (nSPS) is 10.8. The van der Waals surface area contributed by atoms with Gasteiger partial charge in [0.2, 0.25) is 0 Å². The molecule has 0 bridgehead atoms. The van der Waals surface area contributed by atoms with Crippen LogP contribution in [0.25, 0.3) is 0 Å². The molecule has 6 heteroatoms. The number of carboxylic acid groups (broad SMARTS) is 1. The van der Waals surface area contributed by atoms with Crippen LogP contribution in [0.1, 0.15) is 15.9 Å². The van der Waals surface area contributed by atoms with E-state index in [1.807, 2.05) is 61.6 Å². The van der Waals surface area contributed by atoms with Gasteiger partial charge in [-0.25, -0.2) is 4.79 Å². The van der Waals surface area contributed by atoms with Crippen molar-refractivity contribution in [3.8, 4) is 0 Å². The van der Waals surface area contributed by atoms with Crippen molar-refractivity contribution in [2.45, 2.75) is 6.54 Å². The highest BCUT2D eigenvalue weighted by Crippen LogP contribution is 2.17. The average Bonchev–Trinajstić information content (AvgIpc) is 2.73. The molecule has 0 saturated carbocycles.